The first kappa shape index (κ1) is 19.1. The maximum absolute atomic E-state index is 12.2. The fourth-order valence-electron chi connectivity index (χ4n) is 2.55. The highest BCUT2D eigenvalue weighted by Crippen LogP contribution is 2.15. The number of carbonyl (C=O) groups is 2. The molecular formula is C24H20O4. The molecular weight excluding hydrogens is 352 g/mol. The Kier molecular flexibility index (Phi) is 6.74. The largest absolute Gasteiger partial charge is 0.462 e. The lowest BCUT2D eigenvalue weighted by Crippen LogP contribution is -2.09. The number of esters is 2. The van der Waals surface area contributed by atoms with Crippen LogP contribution in [-0.4, -0.2) is 18.5 Å². The van der Waals surface area contributed by atoms with Gasteiger partial charge in [0.1, 0.15) is 5.75 Å². The number of hydrogen-bond acceptors (Lipinski definition) is 4. The second-order valence-corrected chi connectivity index (χ2v) is 6.06. The molecule has 0 aliphatic carbocycles. The van der Waals surface area contributed by atoms with Gasteiger partial charge in [0.2, 0.25) is 0 Å². The molecule has 28 heavy (non-hydrogen) atoms. The quantitative estimate of drug-likeness (QED) is 0.343. The maximum atomic E-state index is 12.2. The molecule has 0 saturated heterocycles. The molecule has 0 unspecified atom stereocenters. The summed E-state index contributed by atoms with van der Waals surface area (Å²) in [6.07, 6.45) is 3.66. The van der Waals surface area contributed by atoms with E-state index in [0.29, 0.717) is 17.7 Å². The van der Waals surface area contributed by atoms with E-state index in [4.69, 9.17) is 9.47 Å². The lowest BCUT2D eigenvalue weighted by atomic mass is 10.2. The van der Waals surface area contributed by atoms with Crippen LogP contribution in [0.2, 0.25) is 0 Å². The van der Waals surface area contributed by atoms with Gasteiger partial charge >= 0.3 is 11.9 Å². The molecule has 0 amide bonds. The second kappa shape index (κ2) is 9.88. The Morgan fingerprint density at radius 2 is 1.54 bits per heavy atom. The van der Waals surface area contributed by atoms with Gasteiger partial charge in [0.05, 0.1) is 12.2 Å². The summed E-state index contributed by atoms with van der Waals surface area (Å²) in [5.41, 5.74) is 2.34. The van der Waals surface area contributed by atoms with E-state index in [0.717, 1.165) is 11.1 Å². The van der Waals surface area contributed by atoms with E-state index in [-0.39, 0.29) is 6.61 Å². The maximum Gasteiger partial charge on any atom is 0.338 e. The van der Waals surface area contributed by atoms with Crippen LogP contribution < -0.4 is 4.74 Å². The average Bonchev–Trinajstić information content (AvgIpc) is 2.74. The molecule has 0 aromatic heterocycles. The first-order valence-corrected chi connectivity index (χ1v) is 8.97. The standard InChI is InChI=1S/C24H20O4/c25-23(15-14-19-8-3-1-4-9-19)28-22-13-7-12-21(18-22)24(26)27-17-16-20-10-5-2-6-11-20/h1-15,18H,16-17H2/b15-14+. The fraction of sp³-hybridized carbons (Fsp3) is 0.0833. The Balaban J connectivity index is 1.53. The monoisotopic (exact) mass is 372 g/mol. The minimum Gasteiger partial charge on any atom is -0.462 e. The van der Waals surface area contributed by atoms with Gasteiger partial charge in [-0.15, -0.1) is 0 Å². The molecule has 3 rings (SSSR count). The summed E-state index contributed by atoms with van der Waals surface area (Å²) in [5.74, 6) is -0.674. The van der Waals surface area contributed by atoms with Gasteiger partial charge in [0.25, 0.3) is 0 Å². The molecule has 0 aliphatic rings. The molecule has 4 nitrogen and oxygen atoms in total. The molecule has 0 aliphatic heterocycles. The molecule has 0 N–H and O–H groups in total. The van der Waals surface area contributed by atoms with Crippen LogP contribution in [0, 0.1) is 0 Å². The van der Waals surface area contributed by atoms with Gasteiger partial charge in [-0.1, -0.05) is 66.7 Å². The van der Waals surface area contributed by atoms with Crippen molar-refractivity contribution in [1.82, 2.24) is 0 Å². The van der Waals surface area contributed by atoms with E-state index in [1.54, 1.807) is 24.3 Å². The van der Waals surface area contributed by atoms with Crippen LogP contribution in [0.4, 0.5) is 0 Å². The summed E-state index contributed by atoms with van der Waals surface area (Å²) in [5, 5.41) is 0. The predicted octanol–water partition coefficient (Wildman–Crippen LogP) is 4.70. The lowest BCUT2D eigenvalue weighted by Gasteiger charge is -2.07. The summed E-state index contributed by atoms with van der Waals surface area (Å²) in [7, 11) is 0. The second-order valence-electron chi connectivity index (χ2n) is 6.06. The van der Waals surface area contributed by atoms with Gasteiger partial charge in [0, 0.05) is 12.5 Å². The summed E-state index contributed by atoms with van der Waals surface area (Å²) in [6, 6.07) is 25.6. The Morgan fingerprint density at radius 3 is 2.29 bits per heavy atom. The zero-order valence-electron chi connectivity index (χ0n) is 15.3. The van der Waals surface area contributed by atoms with Crippen LogP contribution in [0.5, 0.6) is 5.75 Å². The number of rotatable bonds is 7. The molecule has 140 valence electrons. The van der Waals surface area contributed by atoms with Gasteiger partial charge in [-0.2, -0.15) is 0 Å². The first-order valence-electron chi connectivity index (χ1n) is 8.97. The van der Waals surface area contributed by atoms with Gasteiger partial charge in [0.15, 0.2) is 0 Å². The number of hydrogen-bond donors (Lipinski definition) is 0. The predicted molar refractivity (Wildman–Crippen MR) is 108 cm³/mol. The summed E-state index contributed by atoms with van der Waals surface area (Å²) < 4.78 is 10.6. The zero-order valence-corrected chi connectivity index (χ0v) is 15.3. The Morgan fingerprint density at radius 1 is 0.821 bits per heavy atom. The van der Waals surface area contributed by atoms with Crippen LogP contribution >= 0.6 is 0 Å². The average molecular weight is 372 g/mol. The minimum absolute atomic E-state index is 0.284. The molecule has 3 aromatic rings. The summed E-state index contributed by atoms with van der Waals surface area (Å²) in [4.78, 5) is 24.2. The highest BCUT2D eigenvalue weighted by atomic mass is 16.5. The summed E-state index contributed by atoms with van der Waals surface area (Å²) in [6.45, 7) is 0.284. The molecule has 4 heteroatoms. The van der Waals surface area contributed by atoms with Crippen LogP contribution in [0.15, 0.2) is 91.0 Å². The summed E-state index contributed by atoms with van der Waals surface area (Å²) >= 11 is 0. The minimum atomic E-state index is -0.515. The number of carbonyl (C=O) groups excluding carboxylic acids is 2. The van der Waals surface area contributed by atoms with E-state index >= 15 is 0 Å². The third-order valence-corrected chi connectivity index (χ3v) is 3.97. The fourth-order valence-corrected chi connectivity index (χ4v) is 2.55. The topological polar surface area (TPSA) is 52.6 Å². The van der Waals surface area contributed by atoms with Gasteiger partial charge in [-0.25, -0.2) is 9.59 Å². The number of benzene rings is 3. The van der Waals surface area contributed by atoms with Crippen LogP contribution in [0.3, 0.4) is 0 Å². The lowest BCUT2D eigenvalue weighted by molar-refractivity contribution is -0.128. The molecule has 0 radical (unpaired) electrons. The van der Waals surface area contributed by atoms with Crippen molar-refractivity contribution in [2.75, 3.05) is 6.61 Å². The van der Waals surface area contributed by atoms with Crippen molar-refractivity contribution < 1.29 is 19.1 Å². The Bertz CT molecular complexity index is 947. The van der Waals surface area contributed by atoms with Crippen molar-refractivity contribution in [3.8, 4) is 5.75 Å². The van der Waals surface area contributed by atoms with Crippen molar-refractivity contribution in [3.05, 3.63) is 108 Å². The van der Waals surface area contributed by atoms with Crippen molar-refractivity contribution >= 4 is 18.0 Å². The third kappa shape index (κ3) is 5.95. The van der Waals surface area contributed by atoms with Crippen molar-refractivity contribution in [1.29, 1.82) is 0 Å². The van der Waals surface area contributed by atoms with E-state index in [1.807, 2.05) is 60.7 Å². The normalized spacial score (nSPS) is 10.6. The Labute approximate surface area is 164 Å². The zero-order chi connectivity index (χ0) is 19.6. The van der Waals surface area contributed by atoms with Gasteiger partial charge < -0.3 is 9.47 Å². The van der Waals surface area contributed by atoms with Crippen molar-refractivity contribution in [3.63, 3.8) is 0 Å². The highest BCUT2D eigenvalue weighted by Gasteiger charge is 2.09. The molecule has 0 heterocycles. The van der Waals surface area contributed by atoms with E-state index in [1.165, 1.54) is 12.1 Å². The van der Waals surface area contributed by atoms with E-state index in [2.05, 4.69) is 0 Å². The highest BCUT2D eigenvalue weighted by molar-refractivity contribution is 5.91. The van der Waals surface area contributed by atoms with Crippen LogP contribution in [0.25, 0.3) is 6.08 Å². The third-order valence-electron chi connectivity index (χ3n) is 3.97. The molecule has 3 aromatic carbocycles. The van der Waals surface area contributed by atoms with Crippen molar-refractivity contribution in [2.45, 2.75) is 6.42 Å². The smallest absolute Gasteiger partial charge is 0.338 e. The molecule has 0 fully saturated rings. The molecule has 0 saturated carbocycles. The van der Waals surface area contributed by atoms with Crippen molar-refractivity contribution in [2.24, 2.45) is 0 Å². The van der Waals surface area contributed by atoms with Gasteiger partial charge in [-0.05, 0) is 35.4 Å². The number of ether oxygens (including phenoxy) is 2. The molecule has 0 atom stereocenters. The van der Waals surface area contributed by atoms with E-state index in [9.17, 15) is 9.59 Å². The van der Waals surface area contributed by atoms with Gasteiger partial charge in [-0.3, -0.25) is 0 Å². The van der Waals surface area contributed by atoms with Crippen LogP contribution in [0.1, 0.15) is 21.5 Å². The Hall–Kier alpha value is -3.66. The molecule has 0 bridgehead atoms. The van der Waals surface area contributed by atoms with E-state index < -0.39 is 11.9 Å². The first-order chi connectivity index (χ1) is 13.7. The SMILES string of the molecule is O=C(/C=C/c1ccccc1)Oc1cccc(C(=O)OCCc2ccccc2)c1. The molecule has 0 spiro atoms. The van der Waals surface area contributed by atoms with Crippen LogP contribution in [-0.2, 0) is 16.0 Å².